The molecule has 0 unspecified atom stereocenters. The summed E-state index contributed by atoms with van der Waals surface area (Å²) in [6.45, 7) is 1.97. The highest BCUT2D eigenvalue weighted by atomic mass is 32.1. The Morgan fingerprint density at radius 3 is 2.52 bits per heavy atom. The lowest BCUT2D eigenvalue weighted by molar-refractivity contribution is -0.137. The Morgan fingerprint density at radius 2 is 1.78 bits per heavy atom. The molecule has 0 spiro atoms. The van der Waals surface area contributed by atoms with E-state index in [9.17, 15) is 13.2 Å². The summed E-state index contributed by atoms with van der Waals surface area (Å²) in [6.07, 6.45) is -4.37. The molecule has 0 saturated heterocycles. The van der Waals surface area contributed by atoms with Gasteiger partial charge in [0.2, 0.25) is 5.13 Å². The van der Waals surface area contributed by atoms with Crippen molar-refractivity contribution in [1.29, 1.82) is 0 Å². The molecule has 1 N–H and O–H groups in total. The largest absolute Gasteiger partial charge is 0.416 e. The van der Waals surface area contributed by atoms with Crippen molar-refractivity contribution in [2.45, 2.75) is 13.1 Å². The number of hydrogen-bond acceptors (Lipinski definition) is 4. The Bertz CT molecular complexity index is 827. The predicted molar refractivity (Wildman–Crippen MR) is 84.8 cm³/mol. The number of rotatable bonds is 3. The number of halogens is 3. The Balaban J connectivity index is 1.84. The van der Waals surface area contributed by atoms with Crippen molar-refractivity contribution in [3.05, 3.63) is 59.7 Å². The second kappa shape index (κ2) is 6.00. The van der Waals surface area contributed by atoms with Crippen LogP contribution in [0.15, 0.2) is 48.5 Å². The zero-order chi connectivity index (χ0) is 16.4. The molecule has 0 atom stereocenters. The summed E-state index contributed by atoms with van der Waals surface area (Å²) >= 11 is 1.29. The topological polar surface area (TPSA) is 37.8 Å². The second-order valence-electron chi connectivity index (χ2n) is 4.93. The summed E-state index contributed by atoms with van der Waals surface area (Å²) in [5.41, 5.74) is 1.65. The number of aromatic nitrogens is 2. The van der Waals surface area contributed by atoms with Crippen LogP contribution in [0, 0.1) is 6.92 Å². The van der Waals surface area contributed by atoms with Crippen LogP contribution < -0.4 is 5.32 Å². The standard InChI is InChI=1S/C16H12F3N3S/c1-10-5-2-3-8-13(10)14-21-22-15(23-14)20-12-7-4-6-11(9-12)16(17,18)19/h2-9H,1H3,(H,20,22). The molecule has 0 amide bonds. The third-order valence-corrected chi connectivity index (χ3v) is 4.11. The number of hydrogen-bond donors (Lipinski definition) is 1. The maximum Gasteiger partial charge on any atom is 0.416 e. The molecule has 118 valence electrons. The molecule has 23 heavy (non-hydrogen) atoms. The van der Waals surface area contributed by atoms with Gasteiger partial charge in [-0.2, -0.15) is 13.2 Å². The van der Waals surface area contributed by atoms with Gasteiger partial charge in [0.05, 0.1) is 5.56 Å². The molecule has 3 rings (SSSR count). The minimum Gasteiger partial charge on any atom is -0.330 e. The molecule has 0 aliphatic heterocycles. The van der Waals surface area contributed by atoms with E-state index in [-0.39, 0.29) is 0 Å². The summed E-state index contributed by atoms with van der Waals surface area (Å²) in [5.74, 6) is 0. The molecule has 0 aliphatic rings. The molecule has 3 nitrogen and oxygen atoms in total. The number of nitrogens with one attached hydrogen (secondary N) is 1. The second-order valence-corrected chi connectivity index (χ2v) is 5.91. The van der Waals surface area contributed by atoms with Crippen molar-refractivity contribution >= 4 is 22.2 Å². The average Bonchev–Trinajstić information content (AvgIpc) is 2.95. The van der Waals surface area contributed by atoms with E-state index in [4.69, 9.17) is 0 Å². The summed E-state index contributed by atoms with van der Waals surface area (Å²) in [6, 6.07) is 12.7. The van der Waals surface area contributed by atoms with Crippen molar-refractivity contribution < 1.29 is 13.2 Å². The molecule has 2 aromatic carbocycles. The van der Waals surface area contributed by atoms with E-state index in [1.165, 1.54) is 17.4 Å². The van der Waals surface area contributed by atoms with E-state index >= 15 is 0 Å². The van der Waals surface area contributed by atoms with Crippen LogP contribution in [0.2, 0.25) is 0 Å². The maximum absolute atomic E-state index is 12.7. The van der Waals surface area contributed by atoms with Crippen LogP contribution >= 0.6 is 11.3 Å². The van der Waals surface area contributed by atoms with Gasteiger partial charge in [-0.3, -0.25) is 0 Å². The number of anilines is 2. The van der Waals surface area contributed by atoms with Gasteiger partial charge in [0.1, 0.15) is 5.01 Å². The third kappa shape index (κ3) is 3.50. The van der Waals surface area contributed by atoms with Crippen molar-refractivity contribution in [2.75, 3.05) is 5.32 Å². The van der Waals surface area contributed by atoms with Gasteiger partial charge < -0.3 is 5.32 Å². The van der Waals surface area contributed by atoms with E-state index in [1.54, 1.807) is 6.07 Å². The first-order valence-electron chi connectivity index (χ1n) is 6.77. The zero-order valence-electron chi connectivity index (χ0n) is 12.1. The monoisotopic (exact) mass is 335 g/mol. The lowest BCUT2D eigenvalue weighted by Crippen LogP contribution is -2.05. The van der Waals surface area contributed by atoms with Gasteiger partial charge in [-0.25, -0.2) is 0 Å². The quantitative estimate of drug-likeness (QED) is 0.708. The van der Waals surface area contributed by atoms with Crippen molar-refractivity contribution in [1.82, 2.24) is 10.2 Å². The minimum absolute atomic E-state index is 0.326. The zero-order valence-corrected chi connectivity index (χ0v) is 12.9. The van der Waals surface area contributed by atoms with Gasteiger partial charge >= 0.3 is 6.18 Å². The highest BCUT2D eigenvalue weighted by Crippen LogP contribution is 2.33. The van der Waals surface area contributed by atoms with Crippen LogP contribution in [0.1, 0.15) is 11.1 Å². The fourth-order valence-electron chi connectivity index (χ4n) is 2.09. The molecule has 7 heteroatoms. The number of nitrogens with zero attached hydrogens (tertiary/aromatic N) is 2. The maximum atomic E-state index is 12.7. The number of benzene rings is 2. The van der Waals surface area contributed by atoms with Crippen LogP contribution in [-0.2, 0) is 6.18 Å². The number of aryl methyl sites for hydroxylation is 1. The SMILES string of the molecule is Cc1ccccc1-c1nnc(Nc2cccc(C(F)(F)F)c2)s1. The molecule has 1 heterocycles. The Hall–Kier alpha value is -2.41. The number of alkyl halides is 3. The third-order valence-electron chi connectivity index (χ3n) is 3.24. The van der Waals surface area contributed by atoms with E-state index in [1.807, 2.05) is 31.2 Å². The Labute approximate surface area is 134 Å². The first kappa shape index (κ1) is 15.5. The summed E-state index contributed by atoms with van der Waals surface area (Å²) in [7, 11) is 0. The van der Waals surface area contributed by atoms with Crippen LogP contribution in [0.4, 0.5) is 24.0 Å². The van der Waals surface area contributed by atoms with E-state index in [0.29, 0.717) is 10.8 Å². The predicted octanol–water partition coefficient (Wildman–Crippen LogP) is 5.28. The average molecular weight is 335 g/mol. The molecule has 0 aliphatic carbocycles. The van der Waals surface area contributed by atoms with Crippen molar-refractivity contribution in [2.24, 2.45) is 0 Å². The first-order chi connectivity index (χ1) is 10.9. The molecule has 0 radical (unpaired) electrons. The molecular formula is C16H12F3N3S. The van der Waals surface area contributed by atoms with E-state index in [2.05, 4.69) is 15.5 Å². The first-order valence-corrected chi connectivity index (χ1v) is 7.59. The van der Waals surface area contributed by atoms with Gasteiger partial charge in [0, 0.05) is 11.3 Å². The van der Waals surface area contributed by atoms with Gasteiger partial charge in [0.15, 0.2) is 0 Å². The van der Waals surface area contributed by atoms with Crippen molar-refractivity contribution in [3.8, 4) is 10.6 Å². The van der Waals surface area contributed by atoms with E-state index in [0.717, 1.165) is 28.3 Å². The lowest BCUT2D eigenvalue weighted by Gasteiger charge is -2.08. The van der Waals surface area contributed by atoms with Crippen LogP contribution in [0.5, 0.6) is 0 Å². The normalized spacial score (nSPS) is 11.5. The molecule has 0 bridgehead atoms. The van der Waals surface area contributed by atoms with Gasteiger partial charge in [-0.15, -0.1) is 10.2 Å². The van der Waals surface area contributed by atoms with Gasteiger partial charge in [-0.05, 0) is 30.7 Å². The minimum atomic E-state index is -4.37. The van der Waals surface area contributed by atoms with E-state index < -0.39 is 11.7 Å². The van der Waals surface area contributed by atoms with Crippen LogP contribution in [0.3, 0.4) is 0 Å². The Morgan fingerprint density at radius 1 is 1.00 bits per heavy atom. The lowest BCUT2D eigenvalue weighted by atomic mass is 10.1. The summed E-state index contributed by atoms with van der Waals surface area (Å²) in [5, 5.41) is 12.1. The molecule has 1 aromatic heterocycles. The molecular weight excluding hydrogens is 323 g/mol. The van der Waals surface area contributed by atoms with Crippen molar-refractivity contribution in [3.63, 3.8) is 0 Å². The Kier molecular flexibility index (Phi) is 4.04. The fourth-order valence-corrected chi connectivity index (χ4v) is 2.95. The molecule has 0 fully saturated rings. The summed E-state index contributed by atoms with van der Waals surface area (Å²) in [4.78, 5) is 0. The van der Waals surface area contributed by atoms with Crippen LogP contribution in [0.25, 0.3) is 10.6 Å². The molecule has 0 saturated carbocycles. The van der Waals surface area contributed by atoms with Gasteiger partial charge in [0.25, 0.3) is 0 Å². The highest BCUT2D eigenvalue weighted by Gasteiger charge is 2.30. The smallest absolute Gasteiger partial charge is 0.330 e. The molecule has 3 aromatic rings. The van der Waals surface area contributed by atoms with Gasteiger partial charge in [-0.1, -0.05) is 41.7 Å². The fraction of sp³-hybridized carbons (Fsp3) is 0.125. The summed E-state index contributed by atoms with van der Waals surface area (Å²) < 4.78 is 38.2. The van der Waals surface area contributed by atoms with Crippen LogP contribution in [-0.4, -0.2) is 10.2 Å². The highest BCUT2D eigenvalue weighted by molar-refractivity contribution is 7.18.